The zero-order chi connectivity index (χ0) is 18.9. The van der Waals surface area contributed by atoms with E-state index in [1.165, 1.54) is 0 Å². The number of nitrogens with zero attached hydrogens (tertiary/aromatic N) is 5. The van der Waals surface area contributed by atoms with Gasteiger partial charge in [0.15, 0.2) is 0 Å². The van der Waals surface area contributed by atoms with E-state index in [1.54, 1.807) is 24.7 Å². The zero-order valence-electron chi connectivity index (χ0n) is 15.3. The molecule has 0 bridgehead atoms. The van der Waals surface area contributed by atoms with Crippen LogP contribution in [0.3, 0.4) is 0 Å². The number of nitrogens with one attached hydrogen (secondary N) is 1. The Kier molecular flexibility index (Phi) is 4.23. The molecule has 4 heterocycles. The van der Waals surface area contributed by atoms with Crippen LogP contribution < -0.4 is 10.2 Å². The average molecular weight is 376 g/mol. The van der Waals surface area contributed by atoms with Gasteiger partial charge in [-0.05, 0) is 37.5 Å². The fourth-order valence-electron chi connectivity index (χ4n) is 3.46. The zero-order valence-corrected chi connectivity index (χ0v) is 15.3. The summed E-state index contributed by atoms with van der Waals surface area (Å²) >= 11 is 0. The minimum Gasteiger partial charge on any atom is -0.351 e. The van der Waals surface area contributed by atoms with Crippen molar-refractivity contribution in [1.29, 1.82) is 0 Å². The normalized spacial score (nSPS) is 19.0. The predicted octanol–water partition coefficient (Wildman–Crippen LogP) is 2.41. The van der Waals surface area contributed by atoms with Crippen molar-refractivity contribution in [2.45, 2.75) is 31.2 Å². The fraction of sp³-hybridized carbons (Fsp3) is 0.350. The van der Waals surface area contributed by atoms with E-state index in [0.29, 0.717) is 18.4 Å². The molecule has 3 aromatic rings. The van der Waals surface area contributed by atoms with Gasteiger partial charge in [0.2, 0.25) is 11.7 Å². The number of aromatic nitrogens is 4. The predicted molar refractivity (Wildman–Crippen MR) is 102 cm³/mol. The summed E-state index contributed by atoms with van der Waals surface area (Å²) in [4.78, 5) is 27.7. The third-order valence-corrected chi connectivity index (χ3v) is 5.15. The highest BCUT2D eigenvalue weighted by atomic mass is 16.5. The van der Waals surface area contributed by atoms with E-state index in [1.807, 2.05) is 18.2 Å². The molecule has 1 aliphatic carbocycles. The lowest BCUT2D eigenvalue weighted by molar-refractivity contribution is 0.0903. The first-order valence-electron chi connectivity index (χ1n) is 9.52. The molecule has 1 unspecified atom stereocenters. The number of amides is 1. The van der Waals surface area contributed by atoms with Crippen LogP contribution in [0.4, 0.5) is 5.95 Å². The minimum atomic E-state index is -0.212. The van der Waals surface area contributed by atoms with Crippen molar-refractivity contribution < 1.29 is 9.32 Å². The molecule has 0 spiro atoms. The lowest BCUT2D eigenvalue weighted by Crippen LogP contribution is -2.37. The van der Waals surface area contributed by atoms with E-state index in [4.69, 9.17) is 4.52 Å². The highest BCUT2D eigenvalue weighted by molar-refractivity contribution is 5.91. The van der Waals surface area contributed by atoms with Gasteiger partial charge in [-0.2, -0.15) is 0 Å². The monoisotopic (exact) mass is 376 g/mol. The highest BCUT2D eigenvalue weighted by Gasteiger charge is 2.30. The summed E-state index contributed by atoms with van der Waals surface area (Å²) in [7, 11) is 0. The van der Waals surface area contributed by atoms with Crippen LogP contribution in [0.5, 0.6) is 0 Å². The third kappa shape index (κ3) is 3.45. The van der Waals surface area contributed by atoms with Crippen molar-refractivity contribution in [3.8, 4) is 11.3 Å². The Morgan fingerprint density at radius 3 is 2.96 bits per heavy atom. The smallest absolute Gasteiger partial charge is 0.290 e. The number of anilines is 1. The Labute approximate surface area is 162 Å². The van der Waals surface area contributed by atoms with Crippen LogP contribution in [0, 0.1) is 0 Å². The largest absolute Gasteiger partial charge is 0.351 e. The van der Waals surface area contributed by atoms with Crippen LogP contribution in [0.25, 0.3) is 11.3 Å². The minimum absolute atomic E-state index is 0.0209. The first-order chi connectivity index (χ1) is 13.8. The van der Waals surface area contributed by atoms with E-state index in [-0.39, 0.29) is 17.7 Å². The Bertz CT molecular complexity index is 985. The Morgan fingerprint density at radius 2 is 2.14 bits per heavy atom. The molecule has 1 N–H and O–H groups in total. The summed E-state index contributed by atoms with van der Waals surface area (Å²) in [6.45, 7) is 1.44. The van der Waals surface area contributed by atoms with Gasteiger partial charge in [0.1, 0.15) is 0 Å². The van der Waals surface area contributed by atoms with Gasteiger partial charge in [-0.1, -0.05) is 5.16 Å². The maximum absolute atomic E-state index is 12.4. The molecule has 0 aromatic carbocycles. The summed E-state index contributed by atoms with van der Waals surface area (Å²) < 4.78 is 5.21. The van der Waals surface area contributed by atoms with Crippen molar-refractivity contribution >= 4 is 11.9 Å². The summed E-state index contributed by atoms with van der Waals surface area (Å²) in [6, 6.07) is 7.51. The van der Waals surface area contributed by atoms with Gasteiger partial charge in [-0.15, -0.1) is 0 Å². The van der Waals surface area contributed by atoms with Crippen LogP contribution in [-0.4, -0.2) is 45.1 Å². The van der Waals surface area contributed by atoms with Crippen LogP contribution >= 0.6 is 0 Å². The second-order valence-corrected chi connectivity index (χ2v) is 7.28. The Balaban J connectivity index is 1.24. The van der Waals surface area contributed by atoms with Crippen LogP contribution in [0.2, 0.25) is 0 Å². The van der Waals surface area contributed by atoms with Gasteiger partial charge in [0.05, 0.1) is 11.4 Å². The van der Waals surface area contributed by atoms with Gasteiger partial charge in [-0.3, -0.25) is 9.78 Å². The number of hydrogen-bond donors (Lipinski definition) is 1. The van der Waals surface area contributed by atoms with Gasteiger partial charge in [0.25, 0.3) is 5.91 Å². The summed E-state index contributed by atoms with van der Waals surface area (Å²) in [5.41, 5.74) is 2.67. The van der Waals surface area contributed by atoms with Crippen molar-refractivity contribution in [1.82, 2.24) is 25.4 Å². The van der Waals surface area contributed by atoms with E-state index in [0.717, 1.165) is 42.8 Å². The van der Waals surface area contributed by atoms with Crippen molar-refractivity contribution in [2.24, 2.45) is 0 Å². The van der Waals surface area contributed by atoms with Crippen LogP contribution in [-0.2, 0) is 0 Å². The molecular weight excluding hydrogens is 356 g/mol. The number of carbonyl (C=O) groups is 1. The number of pyridine rings is 1. The topological polar surface area (TPSA) is 97.0 Å². The van der Waals surface area contributed by atoms with E-state index in [2.05, 4.69) is 30.3 Å². The lowest BCUT2D eigenvalue weighted by atomic mass is 10.2. The number of hydrogen-bond acceptors (Lipinski definition) is 7. The SMILES string of the molecule is O=C(NC1CCN(c2nccc(-c3cccnc3)n2)C1)c1cc(C2CC2)no1. The van der Waals surface area contributed by atoms with Gasteiger partial charge < -0.3 is 14.7 Å². The molecule has 8 heteroatoms. The number of rotatable bonds is 5. The first-order valence-corrected chi connectivity index (χ1v) is 9.52. The van der Waals surface area contributed by atoms with E-state index >= 15 is 0 Å². The molecule has 142 valence electrons. The highest BCUT2D eigenvalue weighted by Crippen LogP contribution is 2.39. The molecule has 1 atom stereocenters. The molecule has 2 fully saturated rings. The molecule has 8 nitrogen and oxygen atoms in total. The summed E-state index contributed by atoms with van der Waals surface area (Å²) in [5.74, 6) is 1.21. The number of carbonyl (C=O) groups excluding carboxylic acids is 1. The third-order valence-electron chi connectivity index (χ3n) is 5.15. The Hall–Kier alpha value is -3.29. The maximum atomic E-state index is 12.4. The lowest BCUT2D eigenvalue weighted by Gasteiger charge is -2.17. The van der Waals surface area contributed by atoms with Crippen molar-refractivity contribution in [2.75, 3.05) is 18.0 Å². The molecular formula is C20H20N6O2. The quantitative estimate of drug-likeness (QED) is 0.730. The van der Waals surface area contributed by atoms with E-state index in [9.17, 15) is 4.79 Å². The molecule has 3 aromatic heterocycles. The second-order valence-electron chi connectivity index (χ2n) is 7.28. The second kappa shape index (κ2) is 7.03. The molecule has 1 saturated carbocycles. The fourth-order valence-corrected chi connectivity index (χ4v) is 3.46. The Morgan fingerprint density at radius 1 is 1.21 bits per heavy atom. The molecule has 1 amide bonds. The van der Waals surface area contributed by atoms with Gasteiger partial charge >= 0.3 is 0 Å². The van der Waals surface area contributed by atoms with Crippen LogP contribution in [0.1, 0.15) is 41.4 Å². The first kappa shape index (κ1) is 16.9. The molecule has 0 radical (unpaired) electrons. The summed E-state index contributed by atoms with van der Waals surface area (Å²) in [5, 5.41) is 7.04. The molecule has 28 heavy (non-hydrogen) atoms. The summed E-state index contributed by atoms with van der Waals surface area (Å²) in [6.07, 6.45) is 8.36. The standard InChI is InChI=1S/C20H20N6O2/c27-19(18-10-17(25-28-18)13-3-4-13)23-15-6-9-26(12-15)20-22-8-5-16(24-20)14-2-1-7-21-11-14/h1-2,5,7-8,10-11,13,15H,3-4,6,9,12H2,(H,23,27). The van der Waals surface area contributed by atoms with Gasteiger partial charge in [0, 0.05) is 55.3 Å². The molecule has 5 rings (SSSR count). The van der Waals surface area contributed by atoms with E-state index < -0.39 is 0 Å². The van der Waals surface area contributed by atoms with Crippen LogP contribution in [0.15, 0.2) is 47.4 Å². The molecule has 1 aliphatic heterocycles. The average Bonchev–Trinajstić information content (AvgIpc) is 3.28. The maximum Gasteiger partial charge on any atom is 0.290 e. The molecule has 2 aliphatic rings. The van der Waals surface area contributed by atoms with Crippen molar-refractivity contribution in [3.05, 3.63) is 54.3 Å². The van der Waals surface area contributed by atoms with Crippen molar-refractivity contribution in [3.63, 3.8) is 0 Å². The van der Waals surface area contributed by atoms with Gasteiger partial charge in [-0.25, -0.2) is 9.97 Å². The molecule has 1 saturated heterocycles.